The maximum Gasteiger partial charge on any atom is 0.177 e. The van der Waals surface area contributed by atoms with Gasteiger partial charge in [0.25, 0.3) is 0 Å². The van der Waals surface area contributed by atoms with Gasteiger partial charge in [-0.3, -0.25) is 5.43 Å². The van der Waals surface area contributed by atoms with Crippen molar-refractivity contribution in [1.82, 2.24) is 10.4 Å². The molecule has 116 valence electrons. The molecule has 7 nitrogen and oxygen atoms in total. The van der Waals surface area contributed by atoms with E-state index in [1.165, 1.54) is 0 Å². The average Bonchev–Trinajstić information content (AvgIpc) is 2.47. The fraction of sp³-hybridized carbons (Fsp3) is 1.00. The van der Waals surface area contributed by atoms with Gasteiger partial charge in [-0.25, -0.2) is 5.01 Å². The van der Waals surface area contributed by atoms with Gasteiger partial charge in [0.2, 0.25) is 0 Å². The van der Waals surface area contributed by atoms with Crippen molar-refractivity contribution in [1.29, 1.82) is 0 Å². The minimum Gasteiger partial charge on any atom is -0.395 e. The largest absolute Gasteiger partial charge is 0.395 e. The number of hydrogen-bond donors (Lipinski definition) is 4. The molecule has 1 saturated heterocycles. The number of rotatable bonds is 8. The standard InChI is InChI=1S/C6H14N2O2.C6H14O3/c9-4-1-7-8-2-5-10-6-3-8;1-2-3-4-9-6(8)5-7/h7,9H,1-6H2;6-8H,2-5H2,1H3. The Kier molecular flexibility index (Phi) is 13.9. The number of hydrogen-bond acceptors (Lipinski definition) is 7. The van der Waals surface area contributed by atoms with E-state index in [2.05, 4.69) is 10.4 Å². The van der Waals surface area contributed by atoms with E-state index >= 15 is 0 Å². The number of nitrogens with one attached hydrogen (secondary N) is 1. The third kappa shape index (κ3) is 12.5. The first-order valence-corrected chi connectivity index (χ1v) is 6.82. The molecule has 0 aliphatic carbocycles. The molecule has 0 aromatic heterocycles. The number of morpholine rings is 1. The monoisotopic (exact) mass is 280 g/mol. The molecular weight excluding hydrogens is 252 g/mol. The van der Waals surface area contributed by atoms with E-state index in [4.69, 9.17) is 24.8 Å². The minimum absolute atomic E-state index is 0.192. The fourth-order valence-electron chi connectivity index (χ4n) is 1.35. The maximum absolute atomic E-state index is 8.61. The fourth-order valence-corrected chi connectivity index (χ4v) is 1.35. The summed E-state index contributed by atoms with van der Waals surface area (Å²) in [5.41, 5.74) is 3.07. The summed E-state index contributed by atoms with van der Waals surface area (Å²) in [7, 11) is 0. The van der Waals surface area contributed by atoms with Crippen LogP contribution in [0.3, 0.4) is 0 Å². The zero-order chi connectivity index (χ0) is 14.3. The van der Waals surface area contributed by atoms with Crippen molar-refractivity contribution < 1.29 is 24.8 Å². The van der Waals surface area contributed by atoms with Crippen LogP contribution in [0.15, 0.2) is 0 Å². The highest BCUT2D eigenvalue weighted by molar-refractivity contribution is 4.56. The van der Waals surface area contributed by atoms with Crippen LogP contribution in [-0.2, 0) is 9.47 Å². The second kappa shape index (κ2) is 14.1. The predicted octanol–water partition coefficient (Wildman–Crippen LogP) is -1.07. The third-order valence-electron chi connectivity index (χ3n) is 2.42. The van der Waals surface area contributed by atoms with Crippen LogP contribution in [0.4, 0.5) is 0 Å². The van der Waals surface area contributed by atoms with Gasteiger partial charge in [-0.1, -0.05) is 13.3 Å². The first-order chi connectivity index (χ1) is 9.24. The maximum atomic E-state index is 8.61. The predicted molar refractivity (Wildman–Crippen MR) is 71.4 cm³/mol. The van der Waals surface area contributed by atoms with Gasteiger partial charge < -0.3 is 24.8 Å². The summed E-state index contributed by atoms with van der Waals surface area (Å²) in [5.74, 6) is 0. The molecule has 0 aromatic rings. The molecule has 1 heterocycles. The lowest BCUT2D eigenvalue weighted by atomic mass is 10.4. The minimum atomic E-state index is -0.989. The molecule has 4 N–H and O–H groups in total. The molecule has 1 rings (SSSR count). The number of unbranched alkanes of at least 4 members (excludes halogenated alkanes) is 1. The lowest BCUT2D eigenvalue weighted by Gasteiger charge is -2.26. The Balaban J connectivity index is 0.000000344. The number of aliphatic hydroxyl groups excluding tert-OH is 3. The normalized spacial score (nSPS) is 17.7. The van der Waals surface area contributed by atoms with Crippen LogP contribution in [0.1, 0.15) is 19.8 Å². The molecule has 0 aromatic carbocycles. The van der Waals surface area contributed by atoms with Crippen LogP contribution in [0.2, 0.25) is 0 Å². The van der Waals surface area contributed by atoms with Crippen LogP contribution < -0.4 is 5.43 Å². The summed E-state index contributed by atoms with van der Waals surface area (Å²) in [4.78, 5) is 0. The number of ether oxygens (including phenoxy) is 2. The molecule has 0 bridgehead atoms. The molecule has 1 fully saturated rings. The van der Waals surface area contributed by atoms with Crippen molar-refractivity contribution in [2.24, 2.45) is 0 Å². The van der Waals surface area contributed by atoms with Crippen LogP contribution in [0.5, 0.6) is 0 Å². The van der Waals surface area contributed by atoms with Crippen LogP contribution in [0, 0.1) is 0 Å². The smallest absolute Gasteiger partial charge is 0.177 e. The van der Waals surface area contributed by atoms with E-state index in [9.17, 15) is 0 Å². The summed E-state index contributed by atoms with van der Waals surface area (Å²) >= 11 is 0. The Morgan fingerprint density at radius 3 is 2.53 bits per heavy atom. The van der Waals surface area contributed by atoms with Gasteiger partial charge in [0, 0.05) is 26.2 Å². The highest BCUT2D eigenvalue weighted by Gasteiger charge is 2.07. The van der Waals surface area contributed by atoms with Gasteiger partial charge in [-0.15, -0.1) is 0 Å². The van der Waals surface area contributed by atoms with E-state index in [1.54, 1.807) is 0 Å². The molecule has 1 unspecified atom stereocenters. The Hall–Kier alpha value is -0.280. The van der Waals surface area contributed by atoms with Crippen molar-refractivity contribution in [3.8, 4) is 0 Å². The molecule has 0 spiro atoms. The molecule has 1 atom stereocenters. The first-order valence-electron chi connectivity index (χ1n) is 6.82. The molecule has 0 radical (unpaired) electrons. The highest BCUT2D eigenvalue weighted by Crippen LogP contribution is 1.91. The zero-order valence-electron chi connectivity index (χ0n) is 11.8. The molecule has 1 aliphatic heterocycles. The molecular formula is C12H28N2O5. The Bertz CT molecular complexity index is 180. The van der Waals surface area contributed by atoms with Gasteiger partial charge in [0.15, 0.2) is 6.29 Å². The Morgan fingerprint density at radius 2 is 2.00 bits per heavy atom. The molecule has 0 amide bonds. The van der Waals surface area contributed by atoms with Gasteiger partial charge in [0.05, 0.1) is 26.4 Å². The van der Waals surface area contributed by atoms with E-state index in [0.717, 1.165) is 39.1 Å². The molecule has 0 saturated carbocycles. The average molecular weight is 280 g/mol. The zero-order valence-corrected chi connectivity index (χ0v) is 11.8. The van der Waals surface area contributed by atoms with Crippen molar-refractivity contribution in [2.75, 3.05) is 52.7 Å². The van der Waals surface area contributed by atoms with Crippen LogP contribution in [0.25, 0.3) is 0 Å². The Labute approximate surface area is 115 Å². The van der Waals surface area contributed by atoms with E-state index in [-0.39, 0.29) is 13.2 Å². The van der Waals surface area contributed by atoms with Crippen molar-refractivity contribution in [3.05, 3.63) is 0 Å². The summed E-state index contributed by atoms with van der Waals surface area (Å²) < 4.78 is 9.87. The molecule has 7 heteroatoms. The van der Waals surface area contributed by atoms with Gasteiger partial charge in [-0.05, 0) is 6.42 Å². The summed E-state index contributed by atoms with van der Waals surface area (Å²) in [6.45, 7) is 6.49. The topological polar surface area (TPSA) is 94.4 Å². The summed E-state index contributed by atoms with van der Waals surface area (Å²) in [6.07, 6.45) is 0.978. The van der Waals surface area contributed by atoms with Gasteiger partial charge in [0.1, 0.15) is 0 Å². The van der Waals surface area contributed by atoms with E-state index in [0.29, 0.717) is 13.2 Å². The lowest BCUT2D eigenvalue weighted by Crippen LogP contribution is -2.46. The number of nitrogens with zero attached hydrogens (tertiary/aromatic N) is 1. The first kappa shape index (κ1) is 18.7. The second-order valence-corrected chi connectivity index (χ2v) is 4.09. The van der Waals surface area contributed by atoms with Crippen LogP contribution in [-0.4, -0.2) is 79.3 Å². The number of aliphatic hydroxyl groups is 3. The van der Waals surface area contributed by atoms with E-state index in [1.807, 2.05) is 6.92 Å². The van der Waals surface area contributed by atoms with Crippen molar-refractivity contribution in [2.45, 2.75) is 26.1 Å². The van der Waals surface area contributed by atoms with Crippen molar-refractivity contribution in [3.63, 3.8) is 0 Å². The van der Waals surface area contributed by atoms with Gasteiger partial charge in [-0.2, -0.15) is 0 Å². The number of hydrazine groups is 1. The van der Waals surface area contributed by atoms with Gasteiger partial charge >= 0.3 is 0 Å². The summed E-state index contributed by atoms with van der Waals surface area (Å²) in [6, 6.07) is 0. The SMILES string of the molecule is CCCCOC(O)CO.OCCNN1CCOCC1. The van der Waals surface area contributed by atoms with E-state index < -0.39 is 6.29 Å². The second-order valence-electron chi connectivity index (χ2n) is 4.09. The third-order valence-corrected chi connectivity index (χ3v) is 2.42. The molecule has 19 heavy (non-hydrogen) atoms. The lowest BCUT2D eigenvalue weighted by molar-refractivity contribution is -0.124. The highest BCUT2D eigenvalue weighted by atomic mass is 16.6. The van der Waals surface area contributed by atoms with Crippen molar-refractivity contribution >= 4 is 0 Å². The molecule has 1 aliphatic rings. The summed E-state index contributed by atoms with van der Waals surface area (Å²) in [5, 5.41) is 27.4. The van der Waals surface area contributed by atoms with Crippen LogP contribution >= 0.6 is 0 Å². The Morgan fingerprint density at radius 1 is 1.32 bits per heavy atom. The quantitative estimate of drug-likeness (QED) is 0.332.